The molecule has 1 aliphatic heterocycles. The predicted octanol–water partition coefficient (Wildman–Crippen LogP) is 1.38. The number of nitrogen functional groups attached to an aromatic ring is 1. The largest absolute Gasteiger partial charge is 0.389 e. The number of thioether (sulfide) groups is 1. The van der Waals surface area contributed by atoms with E-state index in [-0.39, 0.29) is 6.04 Å². The van der Waals surface area contributed by atoms with E-state index in [9.17, 15) is 10.2 Å². The fraction of sp³-hybridized carbons (Fsp3) is 0.333. The molecule has 6 N–H and O–H groups in total. The second-order valence-electron chi connectivity index (χ2n) is 6.58. The summed E-state index contributed by atoms with van der Waals surface area (Å²) in [6.45, 7) is 2.05. The first kappa shape index (κ1) is 17.3. The Bertz CT molecular complexity index is 914. The summed E-state index contributed by atoms with van der Waals surface area (Å²) in [4.78, 5) is 12.4. The van der Waals surface area contributed by atoms with E-state index in [1.54, 1.807) is 18.0 Å². The smallest absolute Gasteiger partial charge is 0.151 e. The quantitative estimate of drug-likeness (QED) is 0.439. The number of nitrogens with zero attached hydrogens (tertiary/aromatic N) is 2. The lowest BCUT2D eigenvalue weighted by atomic mass is 10.0. The summed E-state index contributed by atoms with van der Waals surface area (Å²) in [7, 11) is 0. The summed E-state index contributed by atoms with van der Waals surface area (Å²) in [5.41, 5.74) is 9.16. The molecule has 2 aromatic heterocycles. The van der Waals surface area contributed by atoms with E-state index in [0.29, 0.717) is 22.6 Å². The van der Waals surface area contributed by atoms with Gasteiger partial charge in [-0.05, 0) is 19.1 Å². The molecular weight excluding hydrogens is 350 g/mol. The molecule has 7 nitrogen and oxygen atoms in total. The lowest BCUT2D eigenvalue weighted by Gasteiger charge is -2.15. The fourth-order valence-corrected chi connectivity index (χ4v) is 4.31. The molecule has 136 valence electrons. The molecule has 1 aromatic carbocycles. The SMILES string of the molecule is Cc1ccc(SC[C@H]2NC(c3c[nH]c4c(N)ncnc34)C(O)[C@H]2O)cc1. The average molecular weight is 371 g/mol. The highest BCUT2D eigenvalue weighted by molar-refractivity contribution is 7.99. The van der Waals surface area contributed by atoms with Crippen LogP contribution in [-0.2, 0) is 0 Å². The van der Waals surface area contributed by atoms with Gasteiger partial charge in [-0.3, -0.25) is 0 Å². The Labute approximate surface area is 155 Å². The molecule has 0 radical (unpaired) electrons. The Morgan fingerprint density at radius 3 is 2.69 bits per heavy atom. The number of nitrogens with one attached hydrogen (secondary N) is 2. The normalized spacial score (nSPS) is 25.8. The third kappa shape index (κ3) is 3.05. The molecule has 8 heteroatoms. The van der Waals surface area contributed by atoms with E-state index in [0.717, 1.165) is 10.5 Å². The van der Waals surface area contributed by atoms with Gasteiger partial charge in [0.2, 0.25) is 0 Å². The monoisotopic (exact) mass is 371 g/mol. The fourth-order valence-electron chi connectivity index (χ4n) is 3.32. The zero-order valence-electron chi connectivity index (χ0n) is 14.3. The van der Waals surface area contributed by atoms with Crippen molar-refractivity contribution in [2.45, 2.75) is 36.1 Å². The summed E-state index contributed by atoms with van der Waals surface area (Å²) in [6.07, 6.45) is 1.38. The van der Waals surface area contributed by atoms with Crippen molar-refractivity contribution in [1.29, 1.82) is 0 Å². The summed E-state index contributed by atoms with van der Waals surface area (Å²) in [5, 5.41) is 24.4. The van der Waals surface area contributed by atoms with Gasteiger partial charge in [0.05, 0.1) is 17.7 Å². The summed E-state index contributed by atoms with van der Waals surface area (Å²) in [5.74, 6) is 1.01. The second kappa shape index (κ2) is 6.88. The Hall–Kier alpha value is -2.13. The Morgan fingerprint density at radius 2 is 1.92 bits per heavy atom. The van der Waals surface area contributed by atoms with Gasteiger partial charge >= 0.3 is 0 Å². The maximum Gasteiger partial charge on any atom is 0.151 e. The molecule has 2 unspecified atom stereocenters. The molecule has 26 heavy (non-hydrogen) atoms. The number of aryl methyl sites for hydroxylation is 1. The van der Waals surface area contributed by atoms with E-state index < -0.39 is 18.2 Å². The number of nitrogens with two attached hydrogens (primary N) is 1. The minimum atomic E-state index is -0.922. The maximum atomic E-state index is 10.6. The highest BCUT2D eigenvalue weighted by Crippen LogP contribution is 2.34. The highest BCUT2D eigenvalue weighted by Gasteiger charge is 2.42. The number of aliphatic hydroxyl groups excluding tert-OH is 2. The topological polar surface area (TPSA) is 120 Å². The highest BCUT2D eigenvalue weighted by atomic mass is 32.2. The van der Waals surface area contributed by atoms with Gasteiger partial charge in [-0.25, -0.2) is 9.97 Å². The number of aromatic amines is 1. The summed E-state index contributed by atoms with van der Waals surface area (Å²) in [6, 6.07) is 7.61. The lowest BCUT2D eigenvalue weighted by Crippen LogP contribution is -2.35. The molecule has 3 heterocycles. The number of fused-ring (bicyclic) bond motifs is 1. The van der Waals surface area contributed by atoms with Crippen LogP contribution in [0.3, 0.4) is 0 Å². The molecule has 0 amide bonds. The molecule has 0 saturated carbocycles. The van der Waals surface area contributed by atoms with Crippen LogP contribution in [0.2, 0.25) is 0 Å². The van der Waals surface area contributed by atoms with Crippen molar-refractivity contribution >= 4 is 28.6 Å². The van der Waals surface area contributed by atoms with Crippen molar-refractivity contribution in [3.05, 3.63) is 47.9 Å². The van der Waals surface area contributed by atoms with Crippen LogP contribution in [-0.4, -0.2) is 49.2 Å². The Kier molecular flexibility index (Phi) is 4.58. The van der Waals surface area contributed by atoms with Crippen LogP contribution in [0.1, 0.15) is 17.2 Å². The van der Waals surface area contributed by atoms with Crippen molar-refractivity contribution in [3.63, 3.8) is 0 Å². The molecule has 0 bridgehead atoms. The molecule has 4 atom stereocenters. The first-order chi connectivity index (χ1) is 12.5. The van der Waals surface area contributed by atoms with Crippen molar-refractivity contribution in [3.8, 4) is 0 Å². The van der Waals surface area contributed by atoms with Gasteiger partial charge in [-0.2, -0.15) is 0 Å². The third-order valence-electron chi connectivity index (χ3n) is 4.80. The number of rotatable bonds is 4. The van der Waals surface area contributed by atoms with Gasteiger partial charge in [0, 0.05) is 28.5 Å². The Balaban J connectivity index is 1.52. The van der Waals surface area contributed by atoms with Gasteiger partial charge in [0.1, 0.15) is 17.9 Å². The third-order valence-corrected chi connectivity index (χ3v) is 5.94. The van der Waals surface area contributed by atoms with E-state index in [2.05, 4.69) is 51.5 Å². The zero-order valence-corrected chi connectivity index (χ0v) is 15.1. The van der Waals surface area contributed by atoms with Crippen molar-refractivity contribution in [1.82, 2.24) is 20.3 Å². The summed E-state index contributed by atoms with van der Waals surface area (Å²) < 4.78 is 0. The minimum Gasteiger partial charge on any atom is -0.389 e. The molecule has 1 saturated heterocycles. The molecular formula is C18H21N5O2S. The molecule has 1 fully saturated rings. The standard InChI is InChI=1S/C18H21N5O2S/c1-9-2-4-10(5-3-9)26-7-12-16(24)17(25)14(23-12)11-6-20-15-13(11)21-8-22-18(15)19/h2-6,8,12,14,16-17,20,23-25H,7H2,1H3,(H2,19,21,22)/t12-,14?,16+,17?/m1/s1. The lowest BCUT2D eigenvalue weighted by molar-refractivity contribution is 0.0308. The minimum absolute atomic E-state index is 0.231. The molecule has 3 aromatic rings. The van der Waals surface area contributed by atoms with E-state index >= 15 is 0 Å². The second-order valence-corrected chi connectivity index (χ2v) is 7.68. The Morgan fingerprint density at radius 1 is 1.15 bits per heavy atom. The first-order valence-electron chi connectivity index (χ1n) is 8.43. The van der Waals surface area contributed by atoms with Gasteiger partial charge in [0.25, 0.3) is 0 Å². The van der Waals surface area contributed by atoms with Gasteiger partial charge in [0.15, 0.2) is 5.82 Å². The number of anilines is 1. The average Bonchev–Trinajstić information content (AvgIpc) is 3.18. The molecule has 0 spiro atoms. The zero-order chi connectivity index (χ0) is 18.3. The molecule has 4 rings (SSSR count). The van der Waals surface area contributed by atoms with Crippen molar-refractivity contribution in [2.75, 3.05) is 11.5 Å². The van der Waals surface area contributed by atoms with Crippen LogP contribution >= 0.6 is 11.8 Å². The van der Waals surface area contributed by atoms with Crippen molar-refractivity contribution < 1.29 is 10.2 Å². The van der Waals surface area contributed by atoms with Crippen LogP contribution < -0.4 is 11.1 Å². The van der Waals surface area contributed by atoms with Crippen molar-refractivity contribution in [2.24, 2.45) is 0 Å². The van der Waals surface area contributed by atoms with E-state index in [1.807, 2.05) is 0 Å². The van der Waals surface area contributed by atoms with Gasteiger partial charge < -0.3 is 26.2 Å². The van der Waals surface area contributed by atoms with Crippen LogP contribution in [0.15, 0.2) is 41.7 Å². The number of benzene rings is 1. The number of aliphatic hydroxyl groups is 2. The number of aromatic nitrogens is 3. The van der Waals surface area contributed by atoms with Gasteiger partial charge in [-0.15, -0.1) is 11.8 Å². The van der Waals surface area contributed by atoms with E-state index in [1.165, 1.54) is 11.9 Å². The number of hydrogen-bond acceptors (Lipinski definition) is 7. The number of H-pyrrole nitrogens is 1. The first-order valence-corrected chi connectivity index (χ1v) is 9.42. The van der Waals surface area contributed by atoms with E-state index in [4.69, 9.17) is 5.73 Å². The maximum absolute atomic E-state index is 10.6. The number of hydrogen-bond donors (Lipinski definition) is 5. The molecule has 0 aliphatic carbocycles. The van der Waals surface area contributed by atoms with Gasteiger partial charge in [-0.1, -0.05) is 17.7 Å². The van der Waals surface area contributed by atoms with Crippen LogP contribution in [0.5, 0.6) is 0 Å². The predicted molar refractivity (Wildman–Crippen MR) is 102 cm³/mol. The van der Waals surface area contributed by atoms with Crippen LogP contribution in [0.25, 0.3) is 11.0 Å². The summed E-state index contributed by atoms with van der Waals surface area (Å²) >= 11 is 1.65. The molecule has 1 aliphatic rings. The van der Waals surface area contributed by atoms with Crippen LogP contribution in [0.4, 0.5) is 5.82 Å². The van der Waals surface area contributed by atoms with Crippen LogP contribution in [0, 0.1) is 6.92 Å².